The Balaban J connectivity index is 2.37. The normalized spacial score (nSPS) is 18.7. The van der Waals surface area contributed by atoms with Crippen LogP contribution in [-0.2, 0) is 0 Å². The highest BCUT2D eigenvalue weighted by molar-refractivity contribution is 5.48. The first kappa shape index (κ1) is 7.06. The third kappa shape index (κ3) is 1.35. The van der Waals surface area contributed by atoms with Gasteiger partial charge in [0, 0.05) is 24.3 Å². The van der Waals surface area contributed by atoms with E-state index in [2.05, 4.69) is 24.0 Å². The highest BCUT2D eigenvalue weighted by Gasteiger charge is 2.08. The zero-order chi connectivity index (χ0) is 8.23. The van der Waals surface area contributed by atoms with E-state index in [-0.39, 0.29) is 0 Å². The van der Waals surface area contributed by atoms with Gasteiger partial charge in [-0.25, -0.2) is 0 Å². The Bertz CT molecular complexity index is 353. The summed E-state index contributed by atoms with van der Waals surface area (Å²) in [5.74, 6) is 0. The average molecular weight is 153 g/mol. The molecule has 0 heteroatoms. The molecule has 0 amide bonds. The van der Waals surface area contributed by atoms with Crippen LogP contribution < -0.4 is 0 Å². The van der Waals surface area contributed by atoms with Crippen LogP contribution in [0.1, 0.15) is 6.42 Å². The van der Waals surface area contributed by atoms with E-state index in [4.69, 9.17) is 0 Å². The summed E-state index contributed by atoms with van der Waals surface area (Å²) in [6.45, 7) is 0. The second-order valence-electron chi connectivity index (χ2n) is 2.68. The molecule has 2 rings (SSSR count). The molecular weight excluding hydrogens is 144 g/mol. The van der Waals surface area contributed by atoms with Gasteiger partial charge in [-0.15, -0.1) is 0 Å². The smallest absolute Gasteiger partial charge is 0.0689 e. The molecule has 0 N–H and O–H groups in total. The predicted octanol–water partition coefficient (Wildman–Crippen LogP) is 2.88. The predicted molar refractivity (Wildman–Crippen MR) is 50.4 cm³/mol. The molecule has 0 aromatic heterocycles. The molecule has 0 aromatic carbocycles. The molecule has 0 aliphatic heterocycles. The first-order valence-corrected chi connectivity index (χ1v) is 4.05. The van der Waals surface area contributed by atoms with Crippen LogP contribution in [0.25, 0.3) is 0 Å². The average Bonchev–Trinajstić information content (AvgIpc) is 2.21. The van der Waals surface area contributed by atoms with Gasteiger partial charge in [-0.3, -0.25) is 0 Å². The van der Waals surface area contributed by atoms with Crippen molar-refractivity contribution >= 4 is 0 Å². The van der Waals surface area contributed by atoms with Crippen LogP contribution in [-0.4, -0.2) is 0 Å². The van der Waals surface area contributed by atoms with E-state index in [1.54, 1.807) is 0 Å². The summed E-state index contributed by atoms with van der Waals surface area (Å²) >= 11 is 0. The highest BCUT2D eigenvalue weighted by atomic mass is 14.0. The monoisotopic (exact) mass is 153 g/mol. The molecule has 0 unspecified atom stereocenters. The van der Waals surface area contributed by atoms with E-state index in [9.17, 15) is 0 Å². The zero-order valence-corrected chi connectivity index (χ0v) is 6.75. The minimum atomic E-state index is 0.996. The van der Waals surface area contributed by atoms with Crippen LogP contribution in [0.4, 0.5) is 0 Å². The third-order valence-corrected chi connectivity index (χ3v) is 1.80. The van der Waals surface area contributed by atoms with Gasteiger partial charge in [0.25, 0.3) is 0 Å². The van der Waals surface area contributed by atoms with Gasteiger partial charge in [0.15, 0.2) is 5.57 Å². The Morgan fingerprint density at radius 3 is 3.00 bits per heavy atom. The van der Waals surface area contributed by atoms with E-state index < -0.39 is 0 Å². The van der Waals surface area contributed by atoms with Crippen molar-refractivity contribution < 1.29 is 0 Å². The van der Waals surface area contributed by atoms with E-state index in [0.717, 1.165) is 17.6 Å². The van der Waals surface area contributed by atoms with Crippen molar-refractivity contribution in [2.24, 2.45) is 0 Å². The Labute approximate surface area is 72.6 Å². The summed E-state index contributed by atoms with van der Waals surface area (Å²) in [7, 11) is 0. The molecule has 0 spiro atoms. The van der Waals surface area contributed by atoms with Crippen LogP contribution in [0, 0.1) is 6.08 Å². The van der Waals surface area contributed by atoms with Gasteiger partial charge in [-0.2, -0.15) is 0 Å². The molecule has 56 valence electrons. The quantitative estimate of drug-likeness (QED) is 0.401. The van der Waals surface area contributed by atoms with Gasteiger partial charge in [0.05, 0.1) is 6.08 Å². The lowest BCUT2D eigenvalue weighted by Gasteiger charge is -1.95. The summed E-state index contributed by atoms with van der Waals surface area (Å²) in [5, 5.41) is 0. The molecular formula is C12H9+. The first-order valence-electron chi connectivity index (χ1n) is 4.05. The Morgan fingerprint density at radius 1 is 1.33 bits per heavy atom. The SMILES string of the molecule is C1=CCC=CC=1C1=CC=CC=[C+]1. The zero-order valence-electron chi connectivity index (χ0n) is 6.75. The van der Waals surface area contributed by atoms with Crippen molar-refractivity contribution in [2.75, 3.05) is 0 Å². The Morgan fingerprint density at radius 2 is 2.33 bits per heavy atom. The maximum Gasteiger partial charge on any atom is 0.163 e. The second-order valence-corrected chi connectivity index (χ2v) is 2.68. The van der Waals surface area contributed by atoms with Gasteiger partial charge < -0.3 is 0 Å². The van der Waals surface area contributed by atoms with Gasteiger partial charge in [0.1, 0.15) is 5.57 Å². The first-order chi connectivity index (χ1) is 5.97. The molecule has 0 fully saturated rings. The van der Waals surface area contributed by atoms with Gasteiger partial charge in [-0.05, 0) is 18.6 Å². The molecule has 0 atom stereocenters. The van der Waals surface area contributed by atoms with E-state index >= 15 is 0 Å². The number of hydrogen-bond donors (Lipinski definition) is 0. The van der Waals surface area contributed by atoms with Crippen molar-refractivity contribution in [1.82, 2.24) is 0 Å². The minimum Gasteiger partial charge on any atom is -0.0689 e. The van der Waals surface area contributed by atoms with Crippen LogP contribution >= 0.6 is 0 Å². The molecule has 0 bridgehead atoms. The van der Waals surface area contributed by atoms with Crippen molar-refractivity contribution in [3.05, 3.63) is 65.5 Å². The summed E-state index contributed by atoms with van der Waals surface area (Å²) in [5.41, 5.74) is 5.45. The molecule has 12 heavy (non-hydrogen) atoms. The maximum absolute atomic E-state index is 3.21. The summed E-state index contributed by atoms with van der Waals surface area (Å²) < 4.78 is 0. The highest BCUT2D eigenvalue weighted by Crippen LogP contribution is 2.16. The fraction of sp³-hybridized carbons (Fsp3) is 0.0833. The summed E-state index contributed by atoms with van der Waals surface area (Å²) in [4.78, 5) is 0. The molecule has 2 aliphatic carbocycles. The summed E-state index contributed by atoms with van der Waals surface area (Å²) in [6, 6.07) is 0. The molecule has 0 radical (unpaired) electrons. The van der Waals surface area contributed by atoms with E-state index in [1.807, 2.05) is 30.4 Å². The number of hydrogen-bond acceptors (Lipinski definition) is 0. The van der Waals surface area contributed by atoms with Crippen molar-refractivity contribution in [3.8, 4) is 0 Å². The molecule has 2 aliphatic rings. The fourth-order valence-electron chi connectivity index (χ4n) is 1.20. The van der Waals surface area contributed by atoms with E-state index in [0.29, 0.717) is 0 Å². The van der Waals surface area contributed by atoms with Gasteiger partial charge in [-0.1, -0.05) is 11.8 Å². The number of allylic oxidation sites excluding steroid dienone is 9. The topological polar surface area (TPSA) is 0 Å². The molecule has 0 aromatic rings. The van der Waals surface area contributed by atoms with Gasteiger partial charge in [0.2, 0.25) is 0 Å². The lowest BCUT2D eigenvalue weighted by Crippen LogP contribution is -1.86. The van der Waals surface area contributed by atoms with Crippen LogP contribution in [0.5, 0.6) is 0 Å². The second kappa shape index (κ2) is 3.19. The fourth-order valence-corrected chi connectivity index (χ4v) is 1.20. The standard InChI is InChI=1S/C12H9/c1-3-7-11(8-4-1)12-9-5-2-6-10-12/h1,3-7,9H,2H2/q+1. The Kier molecular flexibility index (Phi) is 1.88. The van der Waals surface area contributed by atoms with Crippen molar-refractivity contribution in [3.63, 3.8) is 0 Å². The molecule has 0 nitrogen and oxygen atoms in total. The molecule has 0 heterocycles. The largest absolute Gasteiger partial charge is 0.163 e. The summed E-state index contributed by atoms with van der Waals surface area (Å²) in [6.07, 6.45) is 18.4. The van der Waals surface area contributed by atoms with Crippen LogP contribution in [0.15, 0.2) is 59.4 Å². The van der Waals surface area contributed by atoms with Gasteiger partial charge >= 0.3 is 0 Å². The number of rotatable bonds is 1. The van der Waals surface area contributed by atoms with Crippen molar-refractivity contribution in [1.29, 1.82) is 0 Å². The van der Waals surface area contributed by atoms with Crippen molar-refractivity contribution in [2.45, 2.75) is 6.42 Å². The van der Waals surface area contributed by atoms with Crippen LogP contribution in [0.3, 0.4) is 0 Å². The lowest BCUT2D eigenvalue weighted by molar-refractivity contribution is 1.34. The molecule has 0 saturated carbocycles. The van der Waals surface area contributed by atoms with Crippen LogP contribution in [0.2, 0.25) is 0 Å². The molecule has 0 saturated heterocycles. The maximum atomic E-state index is 3.21. The minimum absolute atomic E-state index is 0.996. The van der Waals surface area contributed by atoms with E-state index in [1.165, 1.54) is 0 Å². The third-order valence-electron chi connectivity index (χ3n) is 1.80. The Hall–Kier alpha value is -1.61. The lowest BCUT2D eigenvalue weighted by atomic mass is 10.0.